The van der Waals surface area contributed by atoms with E-state index in [4.69, 9.17) is 62.8 Å². The molecule has 0 fully saturated rings. The number of benzene rings is 6. The molecule has 6 aromatic carbocycles. The summed E-state index contributed by atoms with van der Waals surface area (Å²) in [5, 5.41) is 45.7. The van der Waals surface area contributed by atoms with Gasteiger partial charge in [0.05, 0.1) is 103 Å². The number of pyridine rings is 6. The van der Waals surface area contributed by atoms with Crippen LogP contribution in [-0.4, -0.2) is 153 Å². The number of nitrogens with two attached hydrogens (primary N) is 6. The van der Waals surface area contributed by atoms with Crippen LogP contribution in [0.25, 0.3) is 120 Å². The summed E-state index contributed by atoms with van der Waals surface area (Å²) in [5.41, 5.74) is 46.2. The summed E-state index contributed by atoms with van der Waals surface area (Å²) < 4.78 is 45.1. The average molecular weight is 1910 g/mol. The number of unbranched alkanes of at least 4 members (excludes halogenated alkanes) is 2. The first-order chi connectivity index (χ1) is 67.3. The number of imidazole rings is 2. The summed E-state index contributed by atoms with van der Waals surface area (Å²) in [5.74, 6) is 11.0. The molecule has 0 aliphatic carbocycles. The SMILES string of the molecule is CC(C)CCOc1cccc2nc(N)c3nn(CCC(C)C)cc3c12.CC(C)CCOc1cccc2nc(N)c3nn(CCC(C)C)cc3c12.CC(C)CCn1cc2c(n1)c(N)nc1cccc(O)c12.CCOCc1nc2c(N)nc3cccc(OCCCCCC(C)=O)c3c2n1C.CCOCc1nc2c(N)nc3cccc(OCCCNC(C)=O)c3c2n1C.Nc1nc2cccc(O)c2c2c1=NCN=2. The van der Waals surface area contributed by atoms with Gasteiger partial charge in [0.2, 0.25) is 5.91 Å². The van der Waals surface area contributed by atoms with Crippen LogP contribution in [0, 0.1) is 29.6 Å². The molecule has 0 atom stereocenters. The van der Waals surface area contributed by atoms with Gasteiger partial charge in [0.1, 0.15) is 110 Å². The number of fused-ring (bicyclic) bond motifs is 18. The molecule has 0 bridgehead atoms. The molecule has 18 rings (SSSR count). The zero-order valence-electron chi connectivity index (χ0n) is 83.4. The Morgan fingerprint density at radius 3 is 1.11 bits per heavy atom. The Kier molecular flexibility index (Phi) is 35.0. The van der Waals surface area contributed by atoms with E-state index in [1.807, 2.05) is 136 Å². The third-order valence-corrected chi connectivity index (χ3v) is 23.8. The number of carbonyl (C=O) groups excluding carboxylic acids is 2. The van der Waals surface area contributed by atoms with Gasteiger partial charge in [-0.15, -0.1) is 0 Å². The van der Waals surface area contributed by atoms with Gasteiger partial charge in [-0.3, -0.25) is 28.8 Å². The molecule has 12 heterocycles. The fourth-order valence-electron chi connectivity index (χ4n) is 16.3. The van der Waals surface area contributed by atoms with Crippen molar-refractivity contribution in [3.63, 3.8) is 0 Å². The number of nitrogens with zero attached hydrogens (tertiary/aromatic N) is 18. The number of carbonyl (C=O) groups is 2. The van der Waals surface area contributed by atoms with Crippen molar-refractivity contribution in [2.75, 3.05) is 87.3 Å². The molecule has 15 N–H and O–H groups in total. The minimum absolute atomic E-state index is 0.0433. The minimum Gasteiger partial charge on any atom is -0.507 e. The Morgan fingerprint density at radius 2 is 0.721 bits per heavy atom. The smallest absolute Gasteiger partial charge is 0.216 e. The minimum atomic E-state index is -0.0433. The molecular formula is C105H135N25O10. The van der Waals surface area contributed by atoms with E-state index >= 15 is 0 Å². The fraction of sp³-hybridized carbons (Fsp3) is 0.419. The van der Waals surface area contributed by atoms with Crippen LogP contribution in [0.1, 0.15) is 173 Å². The summed E-state index contributed by atoms with van der Waals surface area (Å²) in [7, 11) is 3.90. The molecule has 0 unspecified atom stereocenters. The van der Waals surface area contributed by atoms with Crippen LogP contribution in [0.5, 0.6) is 34.5 Å². The number of ether oxygens (including phenoxy) is 6. The van der Waals surface area contributed by atoms with Gasteiger partial charge < -0.3 is 92.3 Å². The van der Waals surface area contributed by atoms with Crippen molar-refractivity contribution < 1.29 is 48.2 Å². The normalized spacial score (nSPS) is 11.8. The van der Waals surface area contributed by atoms with Gasteiger partial charge in [0.15, 0.2) is 34.9 Å². The van der Waals surface area contributed by atoms with E-state index in [2.05, 4.69) is 152 Å². The first-order valence-corrected chi connectivity index (χ1v) is 48.4. The number of Topliss-reactive ketones (excluding diaryl/α,β-unsaturated/α-hetero) is 1. The quantitative estimate of drug-likeness (QED) is 0.0167. The van der Waals surface area contributed by atoms with Gasteiger partial charge in [0.25, 0.3) is 0 Å². The zero-order chi connectivity index (χ0) is 100. The summed E-state index contributed by atoms with van der Waals surface area (Å²) >= 11 is 0. The number of nitrogen functional groups attached to an aromatic ring is 6. The Labute approximate surface area is 813 Å². The summed E-state index contributed by atoms with van der Waals surface area (Å²) in [4.78, 5) is 66.1. The second kappa shape index (κ2) is 47.6. The van der Waals surface area contributed by atoms with Crippen molar-refractivity contribution in [3.05, 3.63) is 150 Å². The van der Waals surface area contributed by atoms with Crippen LogP contribution in [0.2, 0.25) is 0 Å². The lowest BCUT2D eigenvalue weighted by Gasteiger charge is -2.12. The first-order valence-electron chi connectivity index (χ1n) is 48.4. The average Bonchev–Trinajstić information content (AvgIpc) is 1.58. The van der Waals surface area contributed by atoms with Crippen molar-refractivity contribution in [3.8, 4) is 34.5 Å². The van der Waals surface area contributed by atoms with E-state index in [-0.39, 0.29) is 23.2 Å². The highest BCUT2D eigenvalue weighted by Gasteiger charge is 2.24. The molecule has 17 aromatic rings. The van der Waals surface area contributed by atoms with Crippen LogP contribution in [0.3, 0.4) is 0 Å². The lowest BCUT2D eigenvalue weighted by atomic mass is 10.1. The van der Waals surface area contributed by atoms with Crippen LogP contribution < -0.4 is 69.4 Å². The van der Waals surface area contributed by atoms with Gasteiger partial charge in [-0.2, -0.15) is 15.3 Å². The van der Waals surface area contributed by atoms with E-state index in [1.54, 1.807) is 37.3 Å². The number of anilines is 6. The zero-order valence-corrected chi connectivity index (χ0v) is 83.4. The molecule has 35 nitrogen and oxygen atoms in total. The van der Waals surface area contributed by atoms with Crippen LogP contribution in [-0.2, 0) is 66.0 Å². The number of amides is 1. The van der Waals surface area contributed by atoms with Crippen molar-refractivity contribution in [1.82, 2.24) is 83.7 Å². The predicted molar refractivity (Wildman–Crippen MR) is 558 cm³/mol. The second-order valence-corrected chi connectivity index (χ2v) is 37.0. The van der Waals surface area contributed by atoms with Gasteiger partial charge in [0, 0.05) is 102 Å². The maximum absolute atomic E-state index is 11.0. The molecule has 740 valence electrons. The van der Waals surface area contributed by atoms with Crippen LogP contribution in [0.15, 0.2) is 138 Å². The van der Waals surface area contributed by atoms with Crippen molar-refractivity contribution >= 4 is 167 Å². The molecule has 0 radical (unpaired) electrons. The Hall–Kier alpha value is -14.6. The maximum Gasteiger partial charge on any atom is 0.216 e. The number of nitrogens with one attached hydrogen (secondary N) is 1. The molecule has 35 heteroatoms. The molecule has 1 aliphatic rings. The van der Waals surface area contributed by atoms with Crippen LogP contribution in [0.4, 0.5) is 34.9 Å². The second-order valence-electron chi connectivity index (χ2n) is 37.0. The topological polar surface area (TPSA) is 489 Å². The Bertz CT molecular complexity index is 7220. The van der Waals surface area contributed by atoms with Crippen molar-refractivity contribution in [2.45, 2.75) is 194 Å². The molecule has 1 aliphatic heterocycles. The number of aromatic nitrogens is 16. The number of hydrogen-bond acceptors (Lipinski definition) is 29. The Balaban J connectivity index is 0.000000143. The van der Waals surface area contributed by atoms with Gasteiger partial charge >= 0.3 is 0 Å². The van der Waals surface area contributed by atoms with Gasteiger partial charge in [-0.25, -0.2) is 39.9 Å². The number of ketones is 1. The number of rotatable bonds is 35. The number of phenolic OH excluding ortho intramolecular Hbond substituents is 2. The molecule has 140 heavy (non-hydrogen) atoms. The third kappa shape index (κ3) is 25.1. The van der Waals surface area contributed by atoms with E-state index in [1.165, 1.54) is 6.92 Å². The highest BCUT2D eigenvalue weighted by Crippen LogP contribution is 2.41. The lowest BCUT2D eigenvalue weighted by molar-refractivity contribution is -0.119. The number of aromatic hydroxyl groups is 2. The lowest BCUT2D eigenvalue weighted by Crippen LogP contribution is -2.27. The molecule has 0 saturated heterocycles. The number of aryl methyl sites for hydroxylation is 5. The molecule has 1 amide bonds. The third-order valence-electron chi connectivity index (χ3n) is 23.8. The summed E-state index contributed by atoms with van der Waals surface area (Å²) in [6.07, 6.45) is 15.5. The molecule has 11 aromatic heterocycles. The van der Waals surface area contributed by atoms with E-state index in [0.717, 1.165) is 187 Å². The Morgan fingerprint density at radius 1 is 0.386 bits per heavy atom. The van der Waals surface area contributed by atoms with E-state index in [0.29, 0.717) is 192 Å². The number of phenols is 2. The molecule has 0 saturated carbocycles. The fourth-order valence-corrected chi connectivity index (χ4v) is 16.3. The molecule has 0 spiro atoms. The van der Waals surface area contributed by atoms with Gasteiger partial charge in [-0.1, -0.05) is 106 Å². The summed E-state index contributed by atoms with van der Waals surface area (Å²) in [6.45, 7) is 37.1. The monoisotopic (exact) mass is 1910 g/mol. The largest absolute Gasteiger partial charge is 0.507 e. The maximum atomic E-state index is 11.0. The molecular weight excluding hydrogens is 1770 g/mol. The van der Waals surface area contributed by atoms with Crippen LogP contribution >= 0.6 is 0 Å². The van der Waals surface area contributed by atoms with E-state index < -0.39 is 0 Å². The highest BCUT2D eigenvalue weighted by atomic mass is 16.5. The van der Waals surface area contributed by atoms with Gasteiger partial charge in [-0.05, 0) is 181 Å². The van der Waals surface area contributed by atoms with E-state index in [9.17, 15) is 19.8 Å². The highest BCUT2D eigenvalue weighted by molar-refractivity contribution is 6.14. The van der Waals surface area contributed by atoms with Crippen molar-refractivity contribution in [2.24, 2.45) is 53.7 Å². The number of hydrogen-bond donors (Lipinski definition) is 9. The predicted octanol–water partition coefficient (Wildman–Crippen LogP) is 17.8. The first kappa shape index (κ1) is 103. The summed E-state index contributed by atoms with van der Waals surface area (Å²) in [6, 6.07) is 33.8. The van der Waals surface area contributed by atoms with Crippen molar-refractivity contribution in [1.29, 1.82) is 0 Å². The standard InChI is InChI=1S/C21H28N4O3.2C20H28N4O.C19H25N5O3.C15H18N4O.C10H8N4O/c1-4-27-13-17-24-19-20(25(17)3)18-15(23-21(19)22)10-8-11-16(18)28-12-7-5-6-9-14(2)26;2*1-13(2)8-10-24-12-15-18-16(22-20(21)19(15)23-24)6-5-7-17(18)25-11-9-14(3)4;1-4-26-11-15-23-17-18(24(15)3)16-13(22-19(17)20)7-5-8-14(16)27-10-6-9-21-12(2)25;1-9(2)6-7-19-8-10-13-11(4-3-5-12(13)20)17-15(16)14(10)18-19;11-10-9-8(12-4-13-9)7-5(14-10)2-1-3-6(7)15/h8,10-11H,4-7,9,12-13H2,1-3H3,(H2,22,23);2*5-7,12-14H,8-11H2,1-4H3,(H2,21,22);5,7-8H,4,6,9-11H2,1-3H3,(H2,20,22)(H,21,25);3-5,8-9,20H,6-7H2,1-2H3,(H2,16,17);1-3,15H,4H2,(H2,11,14).